The first-order valence-electron chi connectivity index (χ1n) is 7.64. The Morgan fingerprint density at radius 2 is 2.14 bits per heavy atom. The second kappa shape index (κ2) is 5.26. The fourth-order valence-corrected chi connectivity index (χ4v) is 3.15. The molecule has 1 aliphatic rings. The fourth-order valence-electron chi connectivity index (χ4n) is 3.15. The van der Waals surface area contributed by atoms with Crippen LogP contribution in [0.3, 0.4) is 0 Å². The third kappa shape index (κ3) is 2.15. The lowest BCUT2D eigenvalue weighted by molar-refractivity contribution is 0.329. The summed E-state index contributed by atoms with van der Waals surface area (Å²) in [7, 11) is 0. The van der Waals surface area contributed by atoms with Crippen molar-refractivity contribution in [1.82, 2.24) is 24.7 Å². The number of imidazole rings is 1. The summed E-state index contributed by atoms with van der Waals surface area (Å²) in [5.74, 6) is 0.715. The number of fused-ring (bicyclic) bond motifs is 1. The van der Waals surface area contributed by atoms with Gasteiger partial charge >= 0.3 is 0 Å². The highest BCUT2D eigenvalue weighted by Gasteiger charge is 2.17. The molecule has 0 spiro atoms. The molecule has 22 heavy (non-hydrogen) atoms. The van der Waals surface area contributed by atoms with Crippen LogP contribution >= 0.6 is 0 Å². The molecule has 3 aromatic heterocycles. The van der Waals surface area contributed by atoms with Gasteiger partial charge in [0.2, 0.25) is 0 Å². The van der Waals surface area contributed by atoms with Crippen molar-refractivity contribution in [3.8, 4) is 17.5 Å². The predicted molar refractivity (Wildman–Crippen MR) is 81.9 cm³/mol. The highest BCUT2D eigenvalue weighted by atomic mass is 15.3. The van der Waals surface area contributed by atoms with E-state index in [2.05, 4.69) is 30.8 Å². The largest absolute Gasteiger partial charge is 0.335 e. The van der Waals surface area contributed by atoms with Crippen LogP contribution in [-0.2, 0) is 0 Å². The molecule has 0 aromatic carbocycles. The lowest BCUT2D eigenvalue weighted by Crippen LogP contribution is -2.12. The summed E-state index contributed by atoms with van der Waals surface area (Å²) in [6.07, 6.45) is 11.8. The first-order valence-corrected chi connectivity index (χ1v) is 7.64. The van der Waals surface area contributed by atoms with E-state index in [0.717, 1.165) is 5.56 Å². The third-order valence-electron chi connectivity index (χ3n) is 4.34. The molecule has 1 saturated carbocycles. The normalized spacial score (nSPS) is 16.0. The Hall–Kier alpha value is -2.68. The summed E-state index contributed by atoms with van der Waals surface area (Å²) < 4.78 is 2.06. The lowest BCUT2D eigenvalue weighted by atomic mass is 9.96. The van der Waals surface area contributed by atoms with Gasteiger partial charge in [0.15, 0.2) is 5.65 Å². The molecular formula is C16H16N6. The molecule has 0 amide bonds. The van der Waals surface area contributed by atoms with Gasteiger partial charge in [-0.15, -0.1) is 0 Å². The minimum absolute atomic E-state index is 0.500. The average molecular weight is 292 g/mol. The molecule has 6 heteroatoms. The quantitative estimate of drug-likeness (QED) is 0.786. The summed E-state index contributed by atoms with van der Waals surface area (Å²) in [6, 6.07) is 4.35. The Morgan fingerprint density at radius 3 is 2.95 bits per heavy atom. The number of aromatic nitrogens is 5. The van der Waals surface area contributed by atoms with Crippen LogP contribution in [-0.4, -0.2) is 24.7 Å². The van der Waals surface area contributed by atoms with E-state index < -0.39 is 0 Å². The van der Waals surface area contributed by atoms with Gasteiger partial charge in [0, 0.05) is 12.4 Å². The Morgan fingerprint density at radius 1 is 1.27 bits per heavy atom. The highest BCUT2D eigenvalue weighted by molar-refractivity contribution is 5.80. The van der Waals surface area contributed by atoms with Gasteiger partial charge in [-0.25, -0.2) is 9.97 Å². The van der Waals surface area contributed by atoms with Crippen molar-refractivity contribution >= 4 is 11.2 Å². The molecular weight excluding hydrogens is 276 g/mol. The zero-order chi connectivity index (χ0) is 14.9. The van der Waals surface area contributed by atoms with E-state index in [0.29, 0.717) is 28.6 Å². The van der Waals surface area contributed by atoms with Gasteiger partial charge in [-0.2, -0.15) is 10.4 Å². The van der Waals surface area contributed by atoms with Crippen LogP contribution in [0.25, 0.3) is 22.6 Å². The summed E-state index contributed by atoms with van der Waals surface area (Å²) in [4.78, 5) is 11.9. The van der Waals surface area contributed by atoms with Crippen LogP contribution in [0.2, 0.25) is 0 Å². The number of nitrogens with zero attached hydrogens (tertiary/aromatic N) is 5. The summed E-state index contributed by atoms with van der Waals surface area (Å²) in [6.45, 7) is 0. The average Bonchev–Trinajstić information content (AvgIpc) is 3.21. The summed E-state index contributed by atoms with van der Waals surface area (Å²) in [5.41, 5.74) is 2.75. The minimum atomic E-state index is 0.500. The van der Waals surface area contributed by atoms with Gasteiger partial charge in [-0.3, -0.25) is 4.68 Å². The maximum absolute atomic E-state index is 9.15. The monoisotopic (exact) mass is 292 g/mol. The zero-order valence-corrected chi connectivity index (χ0v) is 12.2. The van der Waals surface area contributed by atoms with E-state index in [1.807, 2.05) is 12.4 Å². The van der Waals surface area contributed by atoms with Gasteiger partial charge in [0.1, 0.15) is 17.4 Å². The molecule has 0 aliphatic heterocycles. The van der Waals surface area contributed by atoms with Crippen molar-refractivity contribution in [2.24, 2.45) is 0 Å². The number of pyridine rings is 1. The number of hydrogen-bond acceptors (Lipinski definition) is 4. The van der Waals surface area contributed by atoms with Crippen LogP contribution in [0.5, 0.6) is 0 Å². The number of nitrogens with one attached hydrogen (secondary N) is 1. The molecule has 110 valence electrons. The van der Waals surface area contributed by atoms with E-state index in [1.165, 1.54) is 32.1 Å². The molecule has 0 saturated heterocycles. The molecule has 1 fully saturated rings. The first-order chi connectivity index (χ1) is 10.8. The Balaban J connectivity index is 1.70. The van der Waals surface area contributed by atoms with Crippen LogP contribution in [0.1, 0.15) is 43.7 Å². The third-order valence-corrected chi connectivity index (χ3v) is 4.34. The molecule has 3 aromatic rings. The maximum atomic E-state index is 9.15. The molecule has 0 unspecified atom stereocenters. The van der Waals surface area contributed by atoms with Crippen LogP contribution in [0.15, 0.2) is 24.7 Å². The topological polar surface area (TPSA) is 83.2 Å². The second-order valence-corrected chi connectivity index (χ2v) is 5.76. The number of rotatable bonds is 2. The maximum Gasteiger partial charge on any atom is 0.179 e. The molecule has 0 bridgehead atoms. The molecule has 0 atom stereocenters. The van der Waals surface area contributed by atoms with E-state index in [4.69, 9.17) is 5.26 Å². The Kier molecular flexibility index (Phi) is 3.11. The number of aromatic amines is 1. The second-order valence-electron chi connectivity index (χ2n) is 5.76. The Labute approximate surface area is 127 Å². The van der Waals surface area contributed by atoms with E-state index in [9.17, 15) is 0 Å². The molecule has 3 heterocycles. The van der Waals surface area contributed by atoms with Gasteiger partial charge in [-0.1, -0.05) is 19.3 Å². The Bertz CT molecular complexity index is 847. The molecule has 0 radical (unpaired) electrons. The van der Waals surface area contributed by atoms with E-state index >= 15 is 0 Å². The summed E-state index contributed by atoms with van der Waals surface area (Å²) >= 11 is 0. The smallest absolute Gasteiger partial charge is 0.179 e. The van der Waals surface area contributed by atoms with Crippen molar-refractivity contribution in [3.63, 3.8) is 0 Å². The molecule has 1 N–H and O–H groups in total. The number of hydrogen-bond donors (Lipinski definition) is 1. The number of H-pyrrole nitrogens is 1. The lowest BCUT2D eigenvalue weighted by Gasteiger charge is -2.21. The van der Waals surface area contributed by atoms with Crippen molar-refractivity contribution in [2.45, 2.75) is 38.1 Å². The predicted octanol–water partition coefficient (Wildman–Crippen LogP) is 3.20. The van der Waals surface area contributed by atoms with Crippen LogP contribution in [0.4, 0.5) is 0 Å². The van der Waals surface area contributed by atoms with Crippen molar-refractivity contribution < 1.29 is 0 Å². The van der Waals surface area contributed by atoms with E-state index in [1.54, 1.807) is 12.3 Å². The van der Waals surface area contributed by atoms with Crippen LogP contribution in [0, 0.1) is 11.3 Å². The molecule has 1 aliphatic carbocycles. The van der Waals surface area contributed by atoms with Gasteiger partial charge < -0.3 is 4.98 Å². The van der Waals surface area contributed by atoms with Crippen molar-refractivity contribution in [2.75, 3.05) is 0 Å². The molecule has 6 nitrogen and oxygen atoms in total. The van der Waals surface area contributed by atoms with E-state index in [-0.39, 0.29) is 0 Å². The highest BCUT2D eigenvalue weighted by Crippen LogP contribution is 2.29. The summed E-state index contributed by atoms with van der Waals surface area (Å²) in [5, 5.41) is 13.6. The van der Waals surface area contributed by atoms with Crippen LogP contribution < -0.4 is 0 Å². The van der Waals surface area contributed by atoms with Gasteiger partial charge in [0.05, 0.1) is 23.4 Å². The van der Waals surface area contributed by atoms with Gasteiger partial charge in [-0.05, 0) is 18.9 Å². The first kappa shape index (κ1) is 13.0. The minimum Gasteiger partial charge on any atom is -0.335 e. The van der Waals surface area contributed by atoms with Crippen molar-refractivity contribution in [1.29, 1.82) is 5.26 Å². The fraction of sp³-hybridized carbons (Fsp3) is 0.375. The molecule has 4 rings (SSSR count). The number of nitriles is 1. The zero-order valence-electron chi connectivity index (χ0n) is 12.2. The van der Waals surface area contributed by atoms with Crippen molar-refractivity contribution in [3.05, 3.63) is 30.2 Å². The standard InChI is InChI=1S/C16H16N6/c17-8-11-6-7-18-16-14(11)20-15(21-16)12-9-19-22(10-12)13-4-2-1-3-5-13/h6-7,9-10,13H,1-5H2,(H,18,20,21). The SMILES string of the molecule is N#Cc1ccnc2nc(-c3cnn(C4CCCCC4)c3)[nH]c12. The van der Waals surface area contributed by atoms with Gasteiger partial charge in [0.25, 0.3) is 0 Å².